The molecule has 4 rings (SSSR count). The average molecular weight is 288 g/mol. The maximum Gasteiger partial charge on any atom is 0.183 e. The highest BCUT2D eigenvalue weighted by Crippen LogP contribution is 2.32. The summed E-state index contributed by atoms with van der Waals surface area (Å²) in [6.45, 7) is 0. The van der Waals surface area contributed by atoms with Crippen LogP contribution in [0.3, 0.4) is 0 Å². The lowest BCUT2D eigenvalue weighted by Gasteiger charge is -2.20. The lowest BCUT2D eigenvalue weighted by atomic mass is 9.84. The Morgan fingerprint density at radius 1 is 0.909 bits per heavy atom. The molecule has 1 N–H and O–H groups in total. The van der Waals surface area contributed by atoms with Crippen molar-refractivity contribution in [3.63, 3.8) is 0 Å². The summed E-state index contributed by atoms with van der Waals surface area (Å²) in [6, 6.07) is 20.2. The number of fused-ring (bicyclic) bond motifs is 1. The first kappa shape index (κ1) is 13.0. The first-order chi connectivity index (χ1) is 10.8. The normalized spacial score (nSPS) is 17.3. The topological polar surface area (TPSA) is 45.8 Å². The average Bonchev–Trinajstić information content (AvgIpc) is 3.01. The fourth-order valence-corrected chi connectivity index (χ4v) is 3.12. The van der Waals surface area contributed by atoms with Crippen LogP contribution in [0.4, 0.5) is 0 Å². The molecule has 0 amide bonds. The number of carbonyl (C=O) groups excluding carboxylic acids is 1. The van der Waals surface area contributed by atoms with Gasteiger partial charge in [-0.3, -0.25) is 4.79 Å². The summed E-state index contributed by atoms with van der Waals surface area (Å²) in [6.07, 6.45) is 1.38. The molecule has 0 aliphatic heterocycles. The minimum Gasteiger partial charge on any atom is -0.341 e. The number of H-pyrrole nitrogens is 1. The van der Waals surface area contributed by atoms with E-state index in [0.29, 0.717) is 12.1 Å². The Morgan fingerprint density at radius 2 is 1.59 bits per heavy atom. The first-order valence-corrected chi connectivity index (χ1v) is 7.53. The molecule has 0 saturated heterocycles. The second-order valence-corrected chi connectivity index (χ2v) is 5.72. The van der Waals surface area contributed by atoms with E-state index in [-0.39, 0.29) is 11.7 Å². The summed E-state index contributed by atoms with van der Waals surface area (Å²) < 4.78 is 0. The summed E-state index contributed by atoms with van der Waals surface area (Å²) in [7, 11) is 0. The van der Waals surface area contributed by atoms with E-state index in [1.807, 2.05) is 48.5 Å². The van der Waals surface area contributed by atoms with Gasteiger partial charge in [-0.05, 0) is 17.9 Å². The predicted molar refractivity (Wildman–Crippen MR) is 85.9 cm³/mol. The van der Waals surface area contributed by atoms with Crippen molar-refractivity contribution in [1.82, 2.24) is 9.97 Å². The second-order valence-electron chi connectivity index (χ2n) is 5.72. The molecule has 1 atom stereocenters. The van der Waals surface area contributed by atoms with Gasteiger partial charge in [0.15, 0.2) is 5.78 Å². The summed E-state index contributed by atoms with van der Waals surface area (Å²) in [5, 5.41) is 0. The summed E-state index contributed by atoms with van der Waals surface area (Å²) in [5.41, 5.74) is 3.81. The van der Waals surface area contributed by atoms with Crippen molar-refractivity contribution in [2.75, 3.05) is 0 Å². The van der Waals surface area contributed by atoms with Crippen LogP contribution in [0.2, 0.25) is 0 Å². The number of ketones is 1. The molecule has 3 aromatic rings. The number of nitrogens with zero attached hydrogens (tertiary/aromatic N) is 1. The van der Waals surface area contributed by atoms with Gasteiger partial charge in [-0.15, -0.1) is 0 Å². The van der Waals surface area contributed by atoms with E-state index >= 15 is 0 Å². The molecule has 1 aromatic heterocycles. The van der Waals surface area contributed by atoms with Crippen LogP contribution in [0.1, 0.15) is 34.1 Å². The van der Waals surface area contributed by atoms with Crippen LogP contribution in [0.5, 0.6) is 0 Å². The maximum absolute atomic E-state index is 12.4. The quantitative estimate of drug-likeness (QED) is 0.775. The number of rotatable bonds is 2. The van der Waals surface area contributed by atoms with Gasteiger partial charge in [-0.1, -0.05) is 60.7 Å². The van der Waals surface area contributed by atoms with E-state index in [1.165, 1.54) is 5.56 Å². The Kier molecular flexibility index (Phi) is 3.11. The molecule has 0 radical (unpaired) electrons. The molecule has 3 heteroatoms. The number of aromatic nitrogens is 2. The number of Topliss-reactive ketones (excluding diaryl/α,β-unsaturated/α-hetero) is 1. The Bertz CT molecular complexity index is 806. The molecule has 0 spiro atoms. The summed E-state index contributed by atoms with van der Waals surface area (Å²) in [5.74, 6) is 1.16. The molecule has 1 aliphatic rings. The smallest absolute Gasteiger partial charge is 0.183 e. The van der Waals surface area contributed by atoms with Gasteiger partial charge in [-0.2, -0.15) is 0 Å². The monoisotopic (exact) mass is 288 g/mol. The Hall–Kier alpha value is -2.68. The largest absolute Gasteiger partial charge is 0.341 e. The lowest BCUT2D eigenvalue weighted by Crippen LogP contribution is -2.18. The van der Waals surface area contributed by atoms with E-state index < -0.39 is 0 Å². The number of hydrogen-bond donors (Lipinski definition) is 1. The van der Waals surface area contributed by atoms with Crippen LogP contribution in [0.15, 0.2) is 60.7 Å². The third-order valence-electron chi connectivity index (χ3n) is 4.24. The van der Waals surface area contributed by atoms with Crippen LogP contribution in [-0.4, -0.2) is 15.8 Å². The fraction of sp³-hybridized carbons (Fsp3) is 0.158. The van der Waals surface area contributed by atoms with Crippen molar-refractivity contribution in [3.8, 4) is 11.4 Å². The summed E-state index contributed by atoms with van der Waals surface area (Å²) in [4.78, 5) is 20.3. The van der Waals surface area contributed by atoms with Crippen molar-refractivity contribution in [1.29, 1.82) is 0 Å². The molecular weight excluding hydrogens is 272 g/mol. The molecule has 1 unspecified atom stereocenters. The predicted octanol–water partition coefficient (Wildman–Crippen LogP) is 3.99. The van der Waals surface area contributed by atoms with Gasteiger partial charge in [0.05, 0.1) is 0 Å². The molecule has 1 heterocycles. The molecule has 0 bridgehead atoms. The molecule has 2 aromatic carbocycles. The number of benzene rings is 2. The molecule has 1 aliphatic carbocycles. The number of aromatic amines is 1. The van der Waals surface area contributed by atoms with Gasteiger partial charge in [-0.25, -0.2) is 4.98 Å². The minimum absolute atomic E-state index is 0.133. The fourth-order valence-electron chi connectivity index (χ4n) is 3.12. The Morgan fingerprint density at radius 3 is 2.32 bits per heavy atom. The maximum atomic E-state index is 12.4. The van der Waals surface area contributed by atoms with Crippen molar-refractivity contribution >= 4 is 5.78 Å². The van der Waals surface area contributed by atoms with Gasteiger partial charge < -0.3 is 4.98 Å². The molecule has 3 nitrogen and oxygen atoms in total. The lowest BCUT2D eigenvalue weighted by molar-refractivity contribution is 0.0959. The zero-order valence-electron chi connectivity index (χ0n) is 12.1. The number of hydrogen-bond acceptors (Lipinski definition) is 2. The number of carbonyl (C=O) groups is 1. The van der Waals surface area contributed by atoms with E-state index in [1.54, 1.807) is 0 Å². The number of nitrogens with one attached hydrogen (secondary N) is 1. The highest BCUT2D eigenvalue weighted by Gasteiger charge is 2.29. The van der Waals surface area contributed by atoms with Crippen molar-refractivity contribution in [2.24, 2.45) is 0 Å². The van der Waals surface area contributed by atoms with E-state index in [2.05, 4.69) is 22.1 Å². The third kappa shape index (κ3) is 2.25. The van der Waals surface area contributed by atoms with Crippen LogP contribution in [0, 0.1) is 0 Å². The second kappa shape index (κ2) is 5.26. The molecule has 108 valence electrons. The third-order valence-corrected chi connectivity index (χ3v) is 4.24. The van der Waals surface area contributed by atoms with E-state index in [4.69, 9.17) is 0 Å². The molecular formula is C19H16N2O. The highest BCUT2D eigenvalue weighted by molar-refractivity contribution is 5.97. The Balaban J connectivity index is 1.70. The van der Waals surface area contributed by atoms with Gasteiger partial charge >= 0.3 is 0 Å². The standard InChI is InChI=1S/C19H16N2O/c22-17-12-15(13-7-3-1-4-8-13)11-16-18(17)21-19(20-16)14-9-5-2-6-10-14/h1-10,15H,11-12H2,(H,20,21). The molecule has 0 fully saturated rings. The van der Waals surface area contributed by atoms with Crippen molar-refractivity contribution in [2.45, 2.75) is 18.8 Å². The number of imidazole rings is 1. The van der Waals surface area contributed by atoms with Crippen LogP contribution >= 0.6 is 0 Å². The summed E-state index contributed by atoms with van der Waals surface area (Å²) >= 11 is 0. The SMILES string of the molecule is O=C1CC(c2ccccc2)Cc2[nH]c(-c3ccccc3)nc21. The van der Waals surface area contributed by atoms with E-state index in [0.717, 1.165) is 23.5 Å². The van der Waals surface area contributed by atoms with Gasteiger partial charge in [0, 0.05) is 17.7 Å². The van der Waals surface area contributed by atoms with Gasteiger partial charge in [0.1, 0.15) is 11.5 Å². The Labute approximate surface area is 129 Å². The van der Waals surface area contributed by atoms with Gasteiger partial charge in [0.25, 0.3) is 0 Å². The van der Waals surface area contributed by atoms with Crippen molar-refractivity contribution < 1.29 is 4.79 Å². The van der Waals surface area contributed by atoms with Crippen molar-refractivity contribution in [3.05, 3.63) is 77.6 Å². The van der Waals surface area contributed by atoms with Crippen LogP contribution in [0.25, 0.3) is 11.4 Å². The van der Waals surface area contributed by atoms with Crippen LogP contribution in [-0.2, 0) is 6.42 Å². The zero-order chi connectivity index (χ0) is 14.9. The minimum atomic E-state index is 0.133. The van der Waals surface area contributed by atoms with E-state index in [9.17, 15) is 4.79 Å². The van der Waals surface area contributed by atoms with Gasteiger partial charge in [0.2, 0.25) is 0 Å². The zero-order valence-corrected chi connectivity index (χ0v) is 12.1. The van der Waals surface area contributed by atoms with Crippen LogP contribution < -0.4 is 0 Å². The molecule has 22 heavy (non-hydrogen) atoms. The molecule has 0 saturated carbocycles. The first-order valence-electron chi connectivity index (χ1n) is 7.53. The highest BCUT2D eigenvalue weighted by atomic mass is 16.1.